The molecular weight excluding hydrogens is 276 g/mol. The lowest BCUT2D eigenvalue weighted by Gasteiger charge is -2.20. The van der Waals surface area contributed by atoms with Crippen molar-refractivity contribution in [3.05, 3.63) is 50.4 Å². The Bertz CT molecular complexity index is 565. The van der Waals surface area contributed by atoms with Gasteiger partial charge in [0, 0.05) is 22.0 Å². The first-order valence-electron chi connectivity index (χ1n) is 6.43. The lowest BCUT2D eigenvalue weighted by atomic mass is 10.1. The van der Waals surface area contributed by atoms with Gasteiger partial charge in [0.05, 0.1) is 10.7 Å². The van der Waals surface area contributed by atoms with E-state index in [1.807, 2.05) is 25.1 Å². The molecule has 0 amide bonds. The van der Waals surface area contributed by atoms with Gasteiger partial charge in [-0.3, -0.25) is 0 Å². The van der Waals surface area contributed by atoms with Crippen LogP contribution in [-0.2, 0) is 0 Å². The van der Waals surface area contributed by atoms with Crippen molar-refractivity contribution in [1.29, 1.82) is 0 Å². The van der Waals surface area contributed by atoms with Crippen LogP contribution in [0, 0.1) is 13.8 Å². The third-order valence-electron chi connectivity index (χ3n) is 3.22. The Morgan fingerprint density at radius 2 is 1.84 bits per heavy atom. The molecule has 0 spiro atoms. The van der Waals surface area contributed by atoms with Gasteiger partial charge in [-0.25, -0.2) is 4.98 Å². The monoisotopic (exact) mass is 294 g/mol. The van der Waals surface area contributed by atoms with Gasteiger partial charge in [0.15, 0.2) is 0 Å². The highest BCUT2D eigenvalue weighted by molar-refractivity contribution is 7.11. The summed E-state index contributed by atoms with van der Waals surface area (Å²) in [6, 6.07) is 8.38. The standard InChI is InChI=1S/C15H19ClN2S/c1-9(13-7-5-6-8-14(13)16)17-10(2)15-11(3)19-12(4)18-15/h5-10,17H,1-4H3/t9-,10?/m1/s1. The van der Waals surface area contributed by atoms with E-state index in [1.54, 1.807) is 11.3 Å². The van der Waals surface area contributed by atoms with Gasteiger partial charge in [-0.1, -0.05) is 29.8 Å². The molecule has 1 heterocycles. The molecule has 2 nitrogen and oxygen atoms in total. The van der Waals surface area contributed by atoms with Crippen LogP contribution in [0.4, 0.5) is 0 Å². The van der Waals surface area contributed by atoms with Crippen LogP contribution in [0.5, 0.6) is 0 Å². The van der Waals surface area contributed by atoms with Crippen LogP contribution in [0.15, 0.2) is 24.3 Å². The summed E-state index contributed by atoms with van der Waals surface area (Å²) < 4.78 is 0. The first-order chi connectivity index (χ1) is 8.99. The largest absolute Gasteiger partial charge is 0.302 e. The normalized spacial score (nSPS) is 14.4. The fourth-order valence-corrected chi connectivity index (χ4v) is 3.53. The number of benzene rings is 1. The van der Waals surface area contributed by atoms with Gasteiger partial charge in [0.25, 0.3) is 0 Å². The van der Waals surface area contributed by atoms with Crippen LogP contribution in [0.3, 0.4) is 0 Å². The van der Waals surface area contributed by atoms with E-state index in [0.29, 0.717) is 0 Å². The third-order valence-corrected chi connectivity index (χ3v) is 4.47. The number of nitrogens with one attached hydrogen (secondary N) is 1. The number of hydrogen-bond donors (Lipinski definition) is 1. The highest BCUT2D eigenvalue weighted by Crippen LogP contribution is 2.27. The van der Waals surface area contributed by atoms with Gasteiger partial charge in [-0.2, -0.15) is 0 Å². The minimum absolute atomic E-state index is 0.199. The van der Waals surface area contributed by atoms with Crippen molar-refractivity contribution in [1.82, 2.24) is 10.3 Å². The van der Waals surface area contributed by atoms with E-state index in [9.17, 15) is 0 Å². The summed E-state index contributed by atoms with van der Waals surface area (Å²) in [6.07, 6.45) is 0. The van der Waals surface area contributed by atoms with E-state index in [4.69, 9.17) is 11.6 Å². The van der Waals surface area contributed by atoms with Crippen molar-refractivity contribution in [2.75, 3.05) is 0 Å². The van der Waals surface area contributed by atoms with Crippen molar-refractivity contribution >= 4 is 22.9 Å². The first-order valence-corrected chi connectivity index (χ1v) is 7.63. The van der Waals surface area contributed by atoms with Crippen molar-refractivity contribution in [3.63, 3.8) is 0 Å². The quantitative estimate of drug-likeness (QED) is 0.874. The van der Waals surface area contributed by atoms with Gasteiger partial charge in [-0.15, -0.1) is 11.3 Å². The molecule has 1 unspecified atom stereocenters. The number of thiazole rings is 1. The average Bonchev–Trinajstić information content (AvgIpc) is 2.69. The number of hydrogen-bond acceptors (Lipinski definition) is 3. The molecule has 1 aromatic carbocycles. The topological polar surface area (TPSA) is 24.9 Å². The molecule has 0 saturated carbocycles. The molecule has 19 heavy (non-hydrogen) atoms. The first kappa shape index (κ1) is 14.5. The van der Waals surface area contributed by atoms with Crippen molar-refractivity contribution in [2.45, 2.75) is 39.8 Å². The minimum atomic E-state index is 0.199. The summed E-state index contributed by atoms with van der Waals surface area (Å²) in [4.78, 5) is 5.88. The van der Waals surface area contributed by atoms with Crippen LogP contribution in [-0.4, -0.2) is 4.98 Å². The number of rotatable bonds is 4. The maximum atomic E-state index is 6.23. The number of aromatic nitrogens is 1. The maximum Gasteiger partial charge on any atom is 0.0900 e. The molecule has 0 aliphatic rings. The van der Waals surface area contributed by atoms with Crippen LogP contribution in [0.1, 0.15) is 47.1 Å². The van der Waals surface area contributed by atoms with E-state index >= 15 is 0 Å². The molecular formula is C15H19ClN2S. The zero-order chi connectivity index (χ0) is 14.0. The Morgan fingerprint density at radius 1 is 1.16 bits per heavy atom. The summed E-state index contributed by atoms with van der Waals surface area (Å²) in [5, 5.41) is 5.49. The Kier molecular flexibility index (Phi) is 4.61. The molecule has 0 saturated heterocycles. The summed E-state index contributed by atoms with van der Waals surface area (Å²) in [5.74, 6) is 0. The molecule has 0 bridgehead atoms. The number of aryl methyl sites for hydroxylation is 2. The SMILES string of the molecule is Cc1nc(C(C)N[C@H](C)c2ccccc2Cl)c(C)s1. The molecule has 0 radical (unpaired) electrons. The van der Waals surface area contributed by atoms with Gasteiger partial charge < -0.3 is 5.32 Å². The predicted molar refractivity (Wildman–Crippen MR) is 83.0 cm³/mol. The average molecular weight is 295 g/mol. The van der Waals surface area contributed by atoms with E-state index in [1.165, 1.54) is 4.88 Å². The smallest absolute Gasteiger partial charge is 0.0900 e. The molecule has 1 N–H and O–H groups in total. The summed E-state index contributed by atoms with van der Waals surface area (Å²) >= 11 is 7.98. The molecule has 2 atom stereocenters. The van der Waals surface area contributed by atoms with Crippen LogP contribution < -0.4 is 5.32 Å². The second kappa shape index (κ2) is 6.04. The van der Waals surface area contributed by atoms with Crippen molar-refractivity contribution < 1.29 is 0 Å². The molecule has 1 aromatic heterocycles. The second-order valence-corrected chi connectivity index (χ2v) is 6.62. The summed E-state index contributed by atoms with van der Waals surface area (Å²) in [5.41, 5.74) is 2.27. The van der Waals surface area contributed by atoms with Crippen molar-refractivity contribution in [3.8, 4) is 0 Å². The van der Waals surface area contributed by atoms with E-state index in [2.05, 4.69) is 37.1 Å². The Balaban J connectivity index is 2.13. The van der Waals surface area contributed by atoms with Gasteiger partial charge in [-0.05, 0) is 39.3 Å². The number of nitrogens with zero attached hydrogens (tertiary/aromatic N) is 1. The molecule has 0 aliphatic heterocycles. The zero-order valence-electron chi connectivity index (χ0n) is 11.7. The molecule has 2 rings (SSSR count). The lowest BCUT2D eigenvalue weighted by Crippen LogP contribution is -2.23. The van der Waals surface area contributed by atoms with E-state index < -0.39 is 0 Å². The molecule has 2 aromatic rings. The molecule has 4 heteroatoms. The van der Waals surface area contributed by atoms with Crippen LogP contribution in [0.25, 0.3) is 0 Å². The Labute approximate surface area is 123 Å². The van der Waals surface area contributed by atoms with Gasteiger partial charge in [0.2, 0.25) is 0 Å². The van der Waals surface area contributed by atoms with Gasteiger partial charge in [0.1, 0.15) is 0 Å². The number of halogens is 1. The maximum absolute atomic E-state index is 6.23. The highest BCUT2D eigenvalue weighted by atomic mass is 35.5. The van der Waals surface area contributed by atoms with E-state index in [-0.39, 0.29) is 12.1 Å². The van der Waals surface area contributed by atoms with Gasteiger partial charge >= 0.3 is 0 Å². The highest BCUT2D eigenvalue weighted by Gasteiger charge is 2.17. The fraction of sp³-hybridized carbons (Fsp3) is 0.400. The van der Waals surface area contributed by atoms with Crippen LogP contribution >= 0.6 is 22.9 Å². The zero-order valence-corrected chi connectivity index (χ0v) is 13.3. The molecule has 0 fully saturated rings. The molecule has 102 valence electrons. The second-order valence-electron chi connectivity index (χ2n) is 4.81. The summed E-state index contributed by atoms with van der Waals surface area (Å²) in [6.45, 7) is 8.45. The molecule has 0 aliphatic carbocycles. The third kappa shape index (κ3) is 3.35. The Hall–Kier alpha value is -0.900. The summed E-state index contributed by atoms with van der Waals surface area (Å²) in [7, 11) is 0. The Morgan fingerprint density at radius 3 is 2.42 bits per heavy atom. The van der Waals surface area contributed by atoms with Crippen LogP contribution in [0.2, 0.25) is 5.02 Å². The fourth-order valence-electron chi connectivity index (χ4n) is 2.32. The minimum Gasteiger partial charge on any atom is -0.302 e. The van der Waals surface area contributed by atoms with Crippen molar-refractivity contribution in [2.24, 2.45) is 0 Å². The predicted octanol–water partition coefficient (Wildman–Crippen LogP) is 4.83. The van der Waals surface area contributed by atoms with E-state index in [0.717, 1.165) is 21.3 Å². The lowest BCUT2D eigenvalue weighted by molar-refractivity contribution is 0.486.